The normalized spacial score (nSPS) is 17.4. The van der Waals surface area contributed by atoms with Gasteiger partial charge in [-0.3, -0.25) is 9.59 Å². The molecular formula is C26H23NO5. The number of amides is 1. The van der Waals surface area contributed by atoms with E-state index in [2.05, 4.69) is 0 Å². The highest BCUT2D eigenvalue weighted by molar-refractivity contribution is 6.46. The Morgan fingerprint density at radius 1 is 0.875 bits per heavy atom. The predicted molar refractivity (Wildman–Crippen MR) is 120 cm³/mol. The number of aliphatic hydroxyl groups is 1. The zero-order valence-electron chi connectivity index (χ0n) is 17.8. The summed E-state index contributed by atoms with van der Waals surface area (Å²) in [6.07, 6.45) is 0. The molecule has 0 spiro atoms. The van der Waals surface area contributed by atoms with Gasteiger partial charge in [0.05, 0.1) is 25.8 Å². The molecule has 0 aliphatic carbocycles. The average Bonchev–Trinajstić information content (AvgIpc) is 3.09. The fourth-order valence-corrected chi connectivity index (χ4v) is 3.94. The van der Waals surface area contributed by atoms with Crippen molar-refractivity contribution in [2.45, 2.75) is 12.6 Å². The monoisotopic (exact) mass is 429 g/mol. The van der Waals surface area contributed by atoms with Gasteiger partial charge >= 0.3 is 0 Å². The summed E-state index contributed by atoms with van der Waals surface area (Å²) < 4.78 is 10.8. The fraction of sp³-hybridized carbons (Fsp3) is 0.154. The molecular weight excluding hydrogens is 406 g/mol. The van der Waals surface area contributed by atoms with Crippen molar-refractivity contribution >= 4 is 17.4 Å². The summed E-state index contributed by atoms with van der Waals surface area (Å²) in [5.41, 5.74) is 2.02. The quantitative estimate of drug-likeness (QED) is 0.359. The van der Waals surface area contributed by atoms with E-state index < -0.39 is 17.7 Å². The molecule has 6 nitrogen and oxygen atoms in total. The number of carbonyl (C=O) groups excluding carboxylic acids is 2. The Balaban J connectivity index is 1.89. The number of aliphatic hydroxyl groups excluding tert-OH is 1. The molecule has 1 aliphatic heterocycles. The molecule has 1 atom stereocenters. The molecule has 1 aliphatic rings. The summed E-state index contributed by atoms with van der Waals surface area (Å²) in [5.74, 6) is -0.596. The minimum atomic E-state index is -0.782. The summed E-state index contributed by atoms with van der Waals surface area (Å²) in [6, 6.07) is 22.6. The smallest absolute Gasteiger partial charge is 0.295 e. The first-order valence-electron chi connectivity index (χ1n) is 10.1. The number of likely N-dealkylation sites (tertiary alicyclic amines) is 1. The second-order valence-corrected chi connectivity index (χ2v) is 7.39. The third-order valence-electron chi connectivity index (χ3n) is 5.51. The van der Waals surface area contributed by atoms with Crippen molar-refractivity contribution in [1.82, 2.24) is 4.90 Å². The van der Waals surface area contributed by atoms with Gasteiger partial charge in [-0.15, -0.1) is 0 Å². The Morgan fingerprint density at radius 3 is 2.12 bits per heavy atom. The lowest BCUT2D eigenvalue weighted by molar-refractivity contribution is -0.140. The number of ether oxygens (including phenoxy) is 2. The summed E-state index contributed by atoms with van der Waals surface area (Å²) >= 11 is 0. The minimum Gasteiger partial charge on any atom is -0.507 e. The van der Waals surface area contributed by atoms with Gasteiger partial charge in [0.1, 0.15) is 5.76 Å². The Morgan fingerprint density at radius 2 is 1.50 bits per heavy atom. The maximum absolute atomic E-state index is 13.1. The van der Waals surface area contributed by atoms with E-state index in [1.54, 1.807) is 42.5 Å². The standard InChI is InChI=1S/C26H23NO5/c1-31-20-14-13-19(15-21(20)32-2)23-22(24(28)18-11-7-4-8-12-18)25(29)26(30)27(23)16-17-9-5-3-6-10-17/h3-15,23,28H,16H2,1-2H3/b24-22-. The molecule has 4 rings (SSSR count). The van der Waals surface area contributed by atoms with Crippen molar-refractivity contribution in [3.63, 3.8) is 0 Å². The Labute approximate surface area is 186 Å². The number of hydrogen-bond acceptors (Lipinski definition) is 5. The van der Waals surface area contributed by atoms with Crippen molar-refractivity contribution < 1.29 is 24.2 Å². The number of carbonyl (C=O) groups is 2. The summed E-state index contributed by atoms with van der Waals surface area (Å²) in [5, 5.41) is 11.1. The first-order valence-corrected chi connectivity index (χ1v) is 10.1. The van der Waals surface area contributed by atoms with Crippen LogP contribution in [-0.2, 0) is 16.1 Å². The highest BCUT2D eigenvalue weighted by Crippen LogP contribution is 2.42. The molecule has 6 heteroatoms. The number of Topliss-reactive ketones (excluding diaryl/α,β-unsaturated/α-hetero) is 1. The zero-order valence-corrected chi connectivity index (χ0v) is 17.8. The maximum atomic E-state index is 13.1. The number of benzene rings is 3. The Bertz CT molecular complexity index is 1170. The molecule has 0 bridgehead atoms. The van der Waals surface area contributed by atoms with Gasteiger partial charge in [0.2, 0.25) is 0 Å². The molecule has 3 aromatic rings. The second-order valence-electron chi connectivity index (χ2n) is 7.39. The maximum Gasteiger partial charge on any atom is 0.295 e. The molecule has 1 heterocycles. The van der Waals surface area contributed by atoms with Crippen LogP contribution in [0.2, 0.25) is 0 Å². The summed E-state index contributed by atoms with van der Waals surface area (Å²) in [7, 11) is 3.06. The van der Waals surface area contributed by atoms with E-state index in [1.165, 1.54) is 19.1 Å². The van der Waals surface area contributed by atoms with Crippen LogP contribution in [0.15, 0.2) is 84.4 Å². The molecule has 1 saturated heterocycles. The molecule has 1 N–H and O–H groups in total. The molecule has 32 heavy (non-hydrogen) atoms. The van der Waals surface area contributed by atoms with Gasteiger partial charge in [0.15, 0.2) is 11.5 Å². The number of ketones is 1. The largest absolute Gasteiger partial charge is 0.507 e. The van der Waals surface area contributed by atoms with Gasteiger partial charge in [0, 0.05) is 12.1 Å². The number of rotatable bonds is 6. The van der Waals surface area contributed by atoms with Crippen LogP contribution in [0, 0.1) is 0 Å². The first-order chi connectivity index (χ1) is 15.5. The van der Waals surface area contributed by atoms with Crippen molar-refractivity contribution in [1.29, 1.82) is 0 Å². The Kier molecular flexibility index (Phi) is 5.94. The Hall–Kier alpha value is -4.06. The molecule has 1 amide bonds. The van der Waals surface area contributed by atoms with Crippen LogP contribution in [-0.4, -0.2) is 35.9 Å². The first kappa shape index (κ1) is 21.2. The SMILES string of the molecule is COc1ccc(C2/C(=C(/O)c3ccccc3)C(=O)C(=O)N2Cc2ccccc2)cc1OC. The van der Waals surface area contributed by atoms with Gasteiger partial charge in [-0.1, -0.05) is 66.7 Å². The van der Waals surface area contributed by atoms with Crippen LogP contribution in [0.1, 0.15) is 22.7 Å². The van der Waals surface area contributed by atoms with Crippen LogP contribution in [0.25, 0.3) is 5.76 Å². The summed E-state index contributed by atoms with van der Waals surface area (Å²) in [4.78, 5) is 27.7. The van der Waals surface area contributed by atoms with Crippen LogP contribution in [0.5, 0.6) is 11.5 Å². The summed E-state index contributed by atoms with van der Waals surface area (Å²) in [6.45, 7) is 0.218. The van der Waals surface area contributed by atoms with E-state index in [0.29, 0.717) is 22.6 Å². The lowest BCUT2D eigenvalue weighted by Gasteiger charge is -2.26. The third kappa shape index (κ3) is 3.83. The third-order valence-corrected chi connectivity index (χ3v) is 5.51. The van der Waals surface area contributed by atoms with E-state index in [-0.39, 0.29) is 17.9 Å². The number of nitrogens with zero attached hydrogens (tertiary/aromatic N) is 1. The average molecular weight is 429 g/mol. The van der Waals surface area contributed by atoms with Crippen molar-refractivity contribution in [3.8, 4) is 11.5 Å². The van der Waals surface area contributed by atoms with E-state index in [4.69, 9.17) is 9.47 Å². The predicted octanol–water partition coefficient (Wildman–Crippen LogP) is 4.33. The van der Waals surface area contributed by atoms with Gasteiger partial charge in [-0.25, -0.2) is 0 Å². The fourth-order valence-electron chi connectivity index (χ4n) is 3.94. The van der Waals surface area contributed by atoms with E-state index in [9.17, 15) is 14.7 Å². The molecule has 162 valence electrons. The molecule has 1 unspecified atom stereocenters. The molecule has 0 saturated carbocycles. The van der Waals surface area contributed by atoms with Crippen LogP contribution < -0.4 is 9.47 Å². The minimum absolute atomic E-state index is 0.0457. The molecule has 0 radical (unpaired) electrons. The zero-order chi connectivity index (χ0) is 22.7. The van der Waals surface area contributed by atoms with Gasteiger partial charge in [0.25, 0.3) is 11.7 Å². The van der Waals surface area contributed by atoms with E-state index in [1.807, 2.05) is 36.4 Å². The second kappa shape index (κ2) is 8.98. The van der Waals surface area contributed by atoms with Gasteiger partial charge < -0.3 is 19.5 Å². The van der Waals surface area contributed by atoms with E-state index in [0.717, 1.165) is 5.56 Å². The van der Waals surface area contributed by atoms with Crippen LogP contribution in [0.3, 0.4) is 0 Å². The van der Waals surface area contributed by atoms with Gasteiger partial charge in [-0.2, -0.15) is 0 Å². The van der Waals surface area contributed by atoms with Crippen LogP contribution >= 0.6 is 0 Å². The number of hydrogen-bond donors (Lipinski definition) is 1. The highest BCUT2D eigenvalue weighted by Gasteiger charge is 2.46. The van der Waals surface area contributed by atoms with Crippen molar-refractivity contribution in [3.05, 3.63) is 101 Å². The molecule has 3 aromatic carbocycles. The molecule has 1 fully saturated rings. The highest BCUT2D eigenvalue weighted by atomic mass is 16.5. The lowest BCUT2D eigenvalue weighted by Crippen LogP contribution is -2.29. The van der Waals surface area contributed by atoms with Gasteiger partial charge in [-0.05, 0) is 23.3 Å². The number of methoxy groups -OCH3 is 2. The topological polar surface area (TPSA) is 76.1 Å². The van der Waals surface area contributed by atoms with E-state index >= 15 is 0 Å². The molecule has 0 aromatic heterocycles. The lowest BCUT2D eigenvalue weighted by atomic mass is 9.95. The van der Waals surface area contributed by atoms with Crippen LogP contribution in [0.4, 0.5) is 0 Å². The van der Waals surface area contributed by atoms with Crippen molar-refractivity contribution in [2.75, 3.05) is 14.2 Å². The van der Waals surface area contributed by atoms with Crippen molar-refractivity contribution in [2.24, 2.45) is 0 Å².